The lowest BCUT2D eigenvalue weighted by atomic mass is 10.0. The summed E-state index contributed by atoms with van der Waals surface area (Å²) in [4.78, 5) is 16.8. The molecule has 25 heavy (non-hydrogen) atoms. The molecule has 0 spiro atoms. The summed E-state index contributed by atoms with van der Waals surface area (Å²) in [5, 5.41) is 14.9. The third-order valence-corrected chi connectivity index (χ3v) is 3.93. The van der Waals surface area contributed by atoms with Gasteiger partial charge in [-0.05, 0) is 30.5 Å². The molecule has 1 unspecified atom stereocenters. The van der Waals surface area contributed by atoms with Crippen molar-refractivity contribution in [3.05, 3.63) is 60.0 Å². The highest BCUT2D eigenvalue weighted by Gasteiger charge is 2.16. The second-order valence-corrected chi connectivity index (χ2v) is 5.81. The van der Waals surface area contributed by atoms with E-state index in [1.165, 1.54) is 0 Å². The molecule has 0 aliphatic carbocycles. The van der Waals surface area contributed by atoms with Gasteiger partial charge in [0.25, 0.3) is 0 Å². The zero-order chi connectivity index (χ0) is 17.6. The largest absolute Gasteiger partial charge is 0.441 e. The van der Waals surface area contributed by atoms with Crippen molar-refractivity contribution in [2.24, 2.45) is 0 Å². The van der Waals surface area contributed by atoms with Gasteiger partial charge in [-0.25, -0.2) is 9.78 Å². The summed E-state index contributed by atoms with van der Waals surface area (Å²) >= 11 is 0. The molecule has 0 radical (unpaired) electrons. The molecule has 3 aromatic rings. The first-order chi connectivity index (χ1) is 12.2. The van der Waals surface area contributed by atoms with E-state index in [-0.39, 0.29) is 18.7 Å². The van der Waals surface area contributed by atoms with Crippen molar-refractivity contribution in [2.45, 2.75) is 25.8 Å². The molecular formula is C19H21N3O3. The van der Waals surface area contributed by atoms with Crippen molar-refractivity contribution in [1.82, 2.24) is 10.3 Å². The van der Waals surface area contributed by atoms with E-state index < -0.39 is 0 Å². The van der Waals surface area contributed by atoms with Gasteiger partial charge in [-0.2, -0.15) is 0 Å². The number of aromatic nitrogens is 1. The smallest absolute Gasteiger partial charge is 0.319 e. The fourth-order valence-electron chi connectivity index (χ4n) is 2.78. The highest BCUT2D eigenvalue weighted by atomic mass is 16.3. The van der Waals surface area contributed by atoms with Gasteiger partial charge in [0.15, 0.2) is 11.5 Å². The number of carbonyl (C=O) groups is 1. The van der Waals surface area contributed by atoms with Crippen LogP contribution in [0.5, 0.6) is 0 Å². The van der Waals surface area contributed by atoms with Crippen LogP contribution < -0.4 is 10.6 Å². The van der Waals surface area contributed by atoms with E-state index in [1.54, 1.807) is 13.0 Å². The number of anilines is 1. The first-order valence-electron chi connectivity index (χ1n) is 8.27. The second kappa shape index (κ2) is 7.81. The molecular weight excluding hydrogens is 318 g/mol. The van der Waals surface area contributed by atoms with E-state index in [2.05, 4.69) is 15.6 Å². The molecule has 0 fully saturated rings. The fourth-order valence-corrected chi connectivity index (χ4v) is 2.78. The summed E-state index contributed by atoms with van der Waals surface area (Å²) in [6.45, 7) is 1.86. The van der Waals surface area contributed by atoms with Crippen molar-refractivity contribution in [2.75, 3.05) is 11.9 Å². The number of rotatable bonds is 6. The number of fused-ring (bicyclic) bond motifs is 1. The number of carbonyl (C=O) groups excluding carboxylic acids is 1. The average Bonchev–Trinajstić information content (AvgIpc) is 3.00. The van der Waals surface area contributed by atoms with Gasteiger partial charge in [0.1, 0.15) is 5.52 Å². The van der Waals surface area contributed by atoms with Gasteiger partial charge < -0.3 is 20.2 Å². The number of oxazole rings is 1. The van der Waals surface area contributed by atoms with Crippen molar-refractivity contribution in [1.29, 1.82) is 0 Å². The highest BCUT2D eigenvalue weighted by molar-refractivity contribution is 5.98. The number of aliphatic hydroxyl groups is 1. The van der Waals surface area contributed by atoms with Gasteiger partial charge in [-0.1, -0.05) is 36.4 Å². The monoisotopic (exact) mass is 339 g/mol. The van der Waals surface area contributed by atoms with Gasteiger partial charge >= 0.3 is 6.03 Å². The van der Waals surface area contributed by atoms with Crippen LogP contribution in [0.25, 0.3) is 11.1 Å². The molecule has 1 aromatic heterocycles. The molecule has 6 heteroatoms. The summed E-state index contributed by atoms with van der Waals surface area (Å²) in [5.74, 6) is 0.551. The van der Waals surface area contributed by atoms with E-state index in [0.717, 1.165) is 5.56 Å². The molecule has 2 aromatic carbocycles. The molecule has 0 saturated carbocycles. The summed E-state index contributed by atoms with van der Waals surface area (Å²) in [6.07, 6.45) is 1.26. The van der Waals surface area contributed by atoms with Gasteiger partial charge in [0.2, 0.25) is 0 Å². The third kappa shape index (κ3) is 4.16. The predicted octanol–water partition coefficient (Wildman–Crippen LogP) is 3.77. The summed E-state index contributed by atoms with van der Waals surface area (Å²) < 4.78 is 5.48. The van der Waals surface area contributed by atoms with E-state index in [0.29, 0.717) is 35.5 Å². The average molecular weight is 339 g/mol. The minimum absolute atomic E-state index is 0.0875. The van der Waals surface area contributed by atoms with Crippen LogP contribution in [0.4, 0.5) is 10.5 Å². The van der Waals surface area contributed by atoms with Crippen molar-refractivity contribution < 1.29 is 14.3 Å². The van der Waals surface area contributed by atoms with Crippen LogP contribution in [0.1, 0.15) is 30.3 Å². The number of urea groups is 1. The minimum Gasteiger partial charge on any atom is -0.441 e. The number of aliphatic hydroxyl groups excluding tert-OH is 1. The van der Waals surface area contributed by atoms with Crippen LogP contribution in [0.2, 0.25) is 0 Å². The zero-order valence-electron chi connectivity index (χ0n) is 14.0. The van der Waals surface area contributed by atoms with Gasteiger partial charge in [0.05, 0.1) is 11.7 Å². The van der Waals surface area contributed by atoms with Crippen molar-refractivity contribution >= 4 is 22.8 Å². The van der Waals surface area contributed by atoms with E-state index in [4.69, 9.17) is 9.52 Å². The van der Waals surface area contributed by atoms with Gasteiger partial charge in [0, 0.05) is 13.5 Å². The molecule has 130 valence electrons. The molecule has 6 nitrogen and oxygen atoms in total. The van der Waals surface area contributed by atoms with E-state index in [1.807, 2.05) is 42.5 Å². The summed E-state index contributed by atoms with van der Waals surface area (Å²) in [6, 6.07) is 14.6. The van der Waals surface area contributed by atoms with Gasteiger partial charge in [-0.15, -0.1) is 0 Å². The van der Waals surface area contributed by atoms with Crippen molar-refractivity contribution in [3.8, 4) is 0 Å². The van der Waals surface area contributed by atoms with Crippen LogP contribution in [-0.2, 0) is 0 Å². The Kier molecular flexibility index (Phi) is 5.30. The predicted molar refractivity (Wildman–Crippen MR) is 96.4 cm³/mol. The molecule has 1 atom stereocenters. The maximum atomic E-state index is 12.5. The second-order valence-electron chi connectivity index (χ2n) is 5.81. The molecule has 2 amide bonds. The fraction of sp³-hybridized carbons (Fsp3) is 0.263. The Balaban J connectivity index is 1.74. The molecule has 0 saturated heterocycles. The maximum absolute atomic E-state index is 12.5. The Hall–Kier alpha value is -2.86. The lowest BCUT2D eigenvalue weighted by Crippen LogP contribution is -2.32. The lowest BCUT2D eigenvalue weighted by Gasteiger charge is -2.19. The van der Waals surface area contributed by atoms with Crippen LogP contribution in [0, 0.1) is 6.92 Å². The number of para-hydroxylation sites is 1. The van der Waals surface area contributed by atoms with Crippen LogP contribution in [0.15, 0.2) is 52.9 Å². The topological polar surface area (TPSA) is 87.4 Å². The number of hydrogen-bond donors (Lipinski definition) is 3. The van der Waals surface area contributed by atoms with Crippen LogP contribution >= 0.6 is 0 Å². The Morgan fingerprint density at radius 1 is 1.20 bits per heavy atom. The normalized spacial score (nSPS) is 12.1. The van der Waals surface area contributed by atoms with Crippen LogP contribution in [-0.4, -0.2) is 22.7 Å². The number of amides is 2. The van der Waals surface area contributed by atoms with E-state index in [9.17, 15) is 4.79 Å². The number of hydrogen-bond acceptors (Lipinski definition) is 4. The Morgan fingerprint density at radius 3 is 2.76 bits per heavy atom. The zero-order valence-corrected chi connectivity index (χ0v) is 14.0. The third-order valence-electron chi connectivity index (χ3n) is 3.93. The first-order valence-corrected chi connectivity index (χ1v) is 8.27. The molecule has 0 bridgehead atoms. The first kappa shape index (κ1) is 17.0. The molecule has 3 N–H and O–H groups in total. The Morgan fingerprint density at radius 2 is 2.00 bits per heavy atom. The number of nitrogens with zero attached hydrogens (tertiary/aromatic N) is 1. The molecule has 3 rings (SSSR count). The summed E-state index contributed by atoms with van der Waals surface area (Å²) in [5.41, 5.74) is 2.86. The standard InChI is InChI=1S/C19H21N3O3/c1-13-20-18-16(9-5-11-17(18)25-13)22-19(24)21-15(10-6-12-23)14-7-3-2-4-8-14/h2-5,7-9,11,15,23H,6,10,12H2,1H3,(H2,21,22,24). The Labute approximate surface area is 145 Å². The quantitative estimate of drug-likeness (QED) is 0.638. The van der Waals surface area contributed by atoms with E-state index >= 15 is 0 Å². The SMILES string of the molecule is Cc1nc2c(NC(=O)NC(CCCO)c3ccccc3)cccc2o1. The number of benzene rings is 2. The highest BCUT2D eigenvalue weighted by Crippen LogP contribution is 2.24. The van der Waals surface area contributed by atoms with Gasteiger partial charge in [-0.3, -0.25) is 0 Å². The lowest BCUT2D eigenvalue weighted by molar-refractivity contribution is 0.244. The van der Waals surface area contributed by atoms with Crippen molar-refractivity contribution in [3.63, 3.8) is 0 Å². The number of nitrogens with one attached hydrogen (secondary N) is 2. The molecule has 0 aliphatic rings. The molecule has 0 aliphatic heterocycles. The van der Waals surface area contributed by atoms with Crippen LogP contribution in [0.3, 0.4) is 0 Å². The molecule has 1 heterocycles. The number of aryl methyl sites for hydroxylation is 1. The minimum atomic E-state index is -0.319. The maximum Gasteiger partial charge on any atom is 0.319 e. The Bertz CT molecular complexity index is 846. The summed E-state index contributed by atoms with van der Waals surface area (Å²) in [7, 11) is 0.